The zero-order valence-electron chi connectivity index (χ0n) is 12.3. The van der Waals surface area contributed by atoms with E-state index in [1.807, 2.05) is 0 Å². The van der Waals surface area contributed by atoms with Crippen molar-refractivity contribution in [2.75, 3.05) is 25.1 Å². The van der Waals surface area contributed by atoms with Crippen LogP contribution in [0.5, 0.6) is 0 Å². The molecule has 1 aromatic heterocycles. The van der Waals surface area contributed by atoms with Gasteiger partial charge in [-0.3, -0.25) is 4.79 Å². The molecule has 0 saturated carbocycles. The number of halogens is 1. The Balaban J connectivity index is 2.03. The summed E-state index contributed by atoms with van der Waals surface area (Å²) in [5, 5.41) is 17.6. The van der Waals surface area contributed by atoms with Gasteiger partial charge in [-0.15, -0.1) is 0 Å². The molecule has 1 fully saturated rings. The molecule has 0 bridgehead atoms. The average molecular weight is 316 g/mol. The molecule has 2 rings (SSSR count). The molecule has 0 aliphatic carbocycles. The number of aryl methyl sites for hydroxylation is 1. The predicted molar refractivity (Wildman–Crippen MR) is 81.9 cm³/mol. The molecule has 0 atom stereocenters. The Kier molecular flexibility index (Phi) is 5.61. The highest BCUT2D eigenvalue weighted by Crippen LogP contribution is 2.22. The van der Waals surface area contributed by atoms with Crippen molar-refractivity contribution in [3.05, 3.63) is 21.6 Å². The lowest BCUT2D eigenvalue weighted by atomic mass is 9.94. The van der Waals surface area contributed by atoms with Crippen LogP contribution in [-0.4, -0.2) is 40.2 Å². The Bertz CT molecular complexity index is 527. The van der Waals surface area contributed by atoms with Crippen molar-refractivity contribution < 1.29 is 9.84 Å². The van der Waals surface area contributed by atoms with Gasteiger partial charge in [0, 0.05) is 39.1 Å². The zero-order valence-corrected chi connectivity index (χ0v) is 13.0. The quantitative estimate of drug-likeness (QED) is 0.835. The fourth-order valence-electron chi connectivity index (χ4n) is 2.24. The molecule has 2 heterocycles. The van der Waals surface area contributed by atoms with E-state index in [1.165, 1.54) is 4.68 Å². The van der Waals surface area contributed by atoms with Crippen molar-refractivity contribution in [2.45, 2.75) is 44.8 Å². The number of hydrogen-bond acceptors (Lipinski definition) is 5. The molecular weight excluding hydrogens is 294 g/mol. The van der Waals surface area contributed by atoms with Crippen molar-refractivity contribution in [1.29, 1.82) is 0 Å². The van der Waals surface area contributed by atoms with E-state index in [2.05, 4.69) is 17.3 Å². The topological polar surface area (TPSA) is 76.4 Å². The summed E-state index contributed by atoms with van der Waals surface area (Å²) in [4.78, 5) is 12.1. The predicted octanol–water partition coefficient (Wildman–Crippen LogP) is 1.65. The van der Waals surface area contributed by atoms with Gasteiger partial charge in [-0.1, -0.05) is 24.9 Å². The number of nitrogens with zero attached hydrogens (tertiary/aromatic N) is 2. The number of hydrogen-bond donors (Lipinski definition) is 2. The minimum Gasteiger partial charge on any atom is -0.388 e. The van der Waals surface area contributed by atoms with E-state index in [9.17, 15) is 9.90 Å². The summed E-state index contributed by atoms with van der Waals surface area (Å²) in [6, 6.07) is 0. The van der Waals surface area contributed by atoms with Crippen LogP contribution in [0.4, 0.5) is 5.69 Å². The number of aromatic nitrogens is 2. The molecule has 0 unspecified atom stereocenters. The van der Waals surface area contributed by atoms with Crippen LogP contribution in [0.15, 0.2) is 11.0 Å². The maximum atomic E-state index is 12.1. The third-order valence-corrected chi connectivity index (χ3v) is 4.11. The molecule has 0 spiro atoms. The molecule has 1 saturated heterocycles. The zero-order chi connectivity index (χ0) is 15.3. The number of ether oxygens (including phenoxy) is 1. The van der Waals surface area contributed by atoms with Crippen molar-refractivity contribution in [2.24, 2.45) is 0 Å². The molecule has 0 amide bonds. The van der Waals surface area contributed by atoms with Crippen LogP contribution in [0, 0.1) is 0 Å². The first-order valence-corrected chi connectivity index (χ1v) is 7.73. The Labute approximate surface area is 129 Å². The van der Waals surface area contributed by atoms with E-state index in [-0.39, 0.29) is 10.6 Å². The lowest BCUT2D eigenvalue weighted by Crippen LogP contribution is -2.42. The molecule has 1 aliphatic rings. The van der Waals surface area contributed by atoms with E-state index in [0.29, 0.717) is 44.8 Å². The summed E-state index contributed by atoms with van der Waals surface area (Å²) < 4.78 is 6.61. The standard InChI is InChI=1S/C14H22ClN3O3/c1-2-3-6-18-13(19)12(15)11(9-17-18)16-10-14(20)4-7-21-8-5-14/h9,16,20H,2-8,10H2,1H3. The average Bonchev–Trinajstić information content (AvgIpc) is 2.48. The number of rotatable bonds is 6. The van der Waals surface area contributed by atoms with Crippen molar-refractivity contribution in [1.82, 2.24) is 9.78 Å². The summed E-state index contributed by atoms with van der Waals surface area (Å²) >= 11 is 6.10. The number of nitrogens with one attached hydrogen (secondary N) is 1. The monoisotopic (exact) mass is 315 g/mol. The third kappa shape index (κ3) is 4.18. The van der Waals surface area contributed by atoms with E-state index >= 15 is 0 Å². The number of unbranched alkanes of at least 4 members (excludes halogenated alkanes) is 1. The lowest BCUT2D eigenvalue weighted by molar-refractivity contribution is -0.0543. The second kappa shape index (κ2) is 7.24. The Morgan fingerprint density at radius 2 is 2.24 bits per heavy atom. The highest BCUT2D eigenvalue weighted by molar-refractivity contribution is 6.32. The molecule has 0 radical (unpaired) electrons. The van der Waals surface area contributed by atoms with Crippen LogP contribution in [0.2, 0.25) is 5.02 Å². The molecule has 0 aromatic carbocycles. The second-order valence-corrected chi connectivity index (χ2v) is 5.82. The molecule has 118 valence electrons. The van der Waals surface area contributed by atoms with Gasteiger partial charge < -0.3 is 15.2 Å². The normalized spacial score (nSPS) is 17.7. The first-order chi connectivity index (χ1) is 10.1. The van der Waals surface area contributed by atoms with Crippen LogP contribution in [-0.2, 0) is 11.3 Å². The molecule has 21 heavy (non-hydrogen) atoms. The van der Waals surface area contributed by atoms with Crippen LogP contribution in [0.25, 0.3) is 0 Å². The fraction of sp³-hybridized carbons (Fsp3) is 0.714. The molecule has 1 aromatic rings. The summed E-state index contributed by atoms with van der Waals surface area (Å²) in [5.74, 6) is 0. The minimum atomic E-state index is -0.821. The fourth-order valence-corrected chi connectivity index (χ4v) is 2.46. The SMILES string of the molecule is CCCCn1ncc(NCC2(O)CCOCC2)c(Cl)c1=O. The second-order valence-electron chi connectivity index (χ2n) is 5.44. The van der Waals surface area contributed by atoms with Gasteiger partial charge in [0.1, 0.15) is 5.02 Å². The van der Waals surface area contributed by atoms with E-state index in [4.69, 9.17) is 16.3 Å². The maximum absolute atomic E-state index is 12.1. The van der Waals surface area contributed by atoms with Gasteiger partial charge in [0.15, 0.2) is 0 Å². The Morgan fingerprint density at radius 1 is 1.52 bits per heavy atom. The molecular formula is C14H22ClN3O3. The van der Waals surface area contributed by atoms with Gasteiger partial charge in [0.2, 0.25) is 0 Å². The van der Waals surface area contributed by atoms with Crippen LogP contribution in [0.1, 0.15) is 32.6 Å². The van der Waals surface area contributed by atoms with Crippen LogP contribution >= 0.6 is 11.6 Å². The van der Waals surface area contributed by atoms with E-state index in [1.54, 1.807) is 6.20 Å². The van der Waals surface area contributed by atoms with Crippen LogP contribution < -0.4 is 10.9 Å². The number of anilines is 1. The third-order valence-electron chi connectivity index (χ3n) is 3.74. The minimum absolute atomic E-state index is 0.122. The maximum Gasteiger partial charge on any atom is 0.287 e. The van der Waals surface area contributed by atoms with Gasteiger partial charge in [-0.2, -0.15) is 5.10 Å². The largest absolute Gasteiger partial charge is 0.388 e. The first kappa shape index (κ1) is 16.3. The molecule has 7 heteroatoms. The van der Waals surface area contributed by atoms with Crippen molar-refractivity contribution in [3.8, 4) is 0 Å². The first-order valence-electron chi connectivity index (χ1n) is 7.35. The Morgan fingerprint density at radius 3 is 2.90 bits per heavy atom. The summed E-state index contributed by atoms with van der Waals surface area (Å²) in [7, 11) is 0. The molecule has 1 aliphatic heterocycles. The molecule has 2 N–H and O–H groups in total. The van der Waals surface area contributed by atoms with Gasteiger partial charge in [0.05, 0.1) is 17.5 Å². The summed E-state index contributed by atoms with van der Waals surface area (Å²) in [5.41, 5.74) is -0.651. The van der Waals surface area contributed by atoms with E-state index < -0.39 is 5.60 Å². The van der Waals surface area contributed by atoms with E-state index in [0.717, 1.165) is 12.8 Å². The summed E-state index contributed by atoms with van der Waals surface area (Å²) in [6.45, 7) is 4.04. The molecule has 6 nitrogen and oxygen atoms in total. The van der Waals surface area contributed by atoms with Gasteiger partial charge in [0.25, 0.3) is 5.56 Å². The van der Waals surface area contributed by atoms with Gasteiger partial charge in [-0.25, -0.2) is 4.68 Å². The van der Waals surface area contributed by atoms with Crippen molar-refractivity contribution >= 4 is 17.3 Å². The smallest absolute Gasteiger partial charge is 0.287 e. The number of aliphatic hydroxyl groups is 1. The van der Waals surface area contributed by atoms with Crippen LogP contribution in [0.3, 0.4) is 0 Å². The highest BCUT2D eigenvalue weighted by Gasteiger charge is 2.29. The van der Waals surface area contributed by atoms with Gasteiger partial charge in [-0.05, 0) is 6.42 Å². The summed E-state index contributed by atoms with van der Waals surface area (Å²) in [6.07, 6.45) is 4.55. The van der Waals surface area contributed by atoms with Gasteiger partial charge >= 0.3 is 0 Å². The highest BCUT2D eigenvalue weighted by atomic mass is 35.5. The van der Waals surface area contributed by atoms with Crippen molar-refractivity contribution in [3.63, 3.8) is 0 Å². The lowest BCUT2D eigenvalue weighted by Gasteiger charge is -2.32. The Hall–Kier alpha value is -1.11.